The summed E-state index contributed by atoms with van der Waals surface area (Å²) in [6, 6.07) is 7.32. The van der Waals surface area contributed by atoms with E-state index in [0.717, 1.165) is 12.1 Å². The first kappa shape index (κ1) is 20.1. The Bertz CT molecular complexity index is 1080. The third-order valence-corrected chi connectivity index (χ3v) is 5.55. The Labute approximate surface area is 155 Å². The molecule has 0 aliphatic heterocycles. The number of nitrogens with two attached hydrogens (primary N) is 2. The number of hydrogen-bond donors (Lipinski definition) is 3. The Morgan fingerprint density at radius 2 is 1.62 bits per heavy atom. The summed E-state index contributed by atoms with van der Waals surface area (Å²) >= 11 is 5.76. The van der Waals surface area contributed by atoms with Crippen molar-refractivity contribution in [3.8, 4) is 5.75 Å². The zero-order valence-corrected chi connectivity index (χ0v) is 15.7. The van der Waals surface area contributed by atoms with Crippen molar-refractivity contribution < 1.29 is 26.4 Å². The van der Waals surface area contributed by atoms with E-state index in [2.05, 4.69) is 5.32 Å². The predicted octanol–water partition coefficient (Wildman–Crippen LogP) is 0.896. The average Bonchev–Trinajstić information content (AvgIpc) is 2.53. The first-order valence-corrected chi connectivity index (χ1v) is 10.2. The van der Waals surface area contributed by atoms with Crippen LogP contribution in [0.5, 0.6) is 5.75 Å². The zero-order chi connectivity index (χ0) is 19.7. The van der Waals surface area contributed by atoms with Crippen molar-refractivity contribution in [2.75, 3.05) is 12.4 Å². The molecular formula is C14H14ClN3O6S2. The molecule has 0 saturated carbocycles. The van der Waals surface area contributed by atoms with Gasteiger partial charge in [0.05, 0.1) is 12.1 Å². The molecule has 26 heavy (non-hydrogen) atoms. The number of primary sulfonamides is 2. The maximum Gasteiger partial charge on any atom is 0.255 e. The highest BCUT2D eigenvalue weighted by atomic mass is 35.5. The minimum Gasteiger partial charge on any atom is -0.495 e. The van der Waals surface area contributed by atoms with Crippen LogP contribution >= 0.6 is 11.6 Å². The van der Waals surface area contributed by atoms with Gasteiger partial charge in [-0.25, -0.2) is 27.1 Å². The van der Waals surface area contributed by atoms with Crippen LogP contribution in [0.25, 0.3) is 0 Å². The zero-order valence-electron chi connectivity index (χ0n) is 13.3. The van der Waals surface area contributed by atoms with Crippen LogP contribution in [0.15, 0.2) is 46.2 Å². The van der Waals surface area contributed by atoms with Crippen LogP contribution in [0.2, 0.25) is 5.02 Å². The molecule has 0 aromatic heterocycles. The Balaban J connectivity index is 2.40. The van der Waals surface area contributed by atoms with Gasteiger partial charge in [-0.1, -0.05) is 11.6 Å². The molecule has 2 rings (SSSR count). The minimum atomic E-state index is -4.12. The second-order valence-corrected chi connectivity index (χ2v) is 8.52. The molecule has 9 nitrogen and oxygen atoms in total. The molecule has 0 fully saturated rings. The number of sulfonamides is 2. The lowest BCUT2D eigenvalue weighted by Crippen LogP contribution is -2.17. The lowest BCUT2D eigenvalue weighted by atomic mass is 10.2. The second kappa shape index (κ2) is 7.21. The highest BCUT2D eigenvalue weighted by Crippen LogP contribution is 2.27. The van der Waals surface area contributed by atoms with Crippen molar-refractivity contribution in [2.45, 2.75) is 9.79 Å². The average molecular weight is 420 g/mol. The van der Waals surface area contributed by atoms with E-state index < -0.39 is 30.8 Å². The molecule has 0 spiro atoms. The number of carbonyl (C=O) groups is 1. The Morgan fingerprint density at radius 1 is 1.00 bits per heavy atom. The van der Waals surface area contributed by atoms with Gasteiger partial charge in [-0.15, -0.1) is 0 Å². The number of nitrogens with one attached hydrogen (secondary N) is 1. The van der Waals surface area contributed by atoms with Gasteiger partial charge in [0, 0.05) is 11.3 Å². The predicted molar refractivity (Wildman–Crippen MR) is 95.1 cm³/mol. The first-order valence-electron chi connectivity index (χ1n) is 6.78. The van der Waals surface area contributed by atoms with Gasteiger partial charge >= 0.3 is 0 Å². The summed E-state index contributed by atoms with van der Waals surface area (Å²) < 4.78 is 51.1. The Morgan fingerprint density at radius 3 is 2.15 bits per heavy atom. The fraction of sp³-hybridized carbons (Fsp3) is 0.0714. The van der Waals surface area contributed by atoms with Crippen LogP contribution in [0.1, 0.15) is 10.4 Å². The Kier molecular flexibility index (Phi) is 5.58. The SMILES string of the molecule is COc1ccc(NC(=O)c2ccc(Cl)c(S(N)(=O)=O)c2)cc1S(N)(=O)=O. The van der Waals surface area contributed by atoms with Gasteiger partial charge in [0.25, 0.3) is 5.91 Å². The standard InChI is InChI=1S/C14H14ClN3O6S2/c1-24-11-5-3-9(7-13(11)26(17,22)23)18-14(19)8-2-4-10(15)12(6-8)25(16,20)21/h2-7H,1H3,(H,18,19)(H2,16,20,21)(H2,17,22,23). The molecular weight excluding hydrogens is 406 g/mol. The maximum absolute atomic E-state index is 12.3. The second-order valence-electron chi connectivity index (χ2n) is 5.05. The molecule has 0 atom stereocenters. The van der Waals surface area contributed by atoms with Crippen LogP contribution in [0.3, 0.4) is 0 Å². The van der Waals surface area contributed by atoms with E-state index in [9.17, 15) is 21.6 Å². The number of halogens is 1. The van der Waals surface area contributed by atoms with Crippen molar-refractivity contribution >= 4 is 43.2 Å². The lowest BCUT2D eigenvalue weighted by molar-refractivity contribution is 0.102. The van der Waals surface area contributed by atoms with Crippen LogP contribution < -0.4 is 20.3 Å². The molecule has 0 aliphatic rings. The normalized spacial score (nSPS) is 11.8. The van der Waals surface area contributed by atoms with Crippen LogP contribution in [-0.4, -0.2) is 29.9 Å². The summed E-state index contributed by atoms with van der Waals surface area (Å²) in [5.74, 6) is -0.703. The number of rotatable bonds is 5. The van der Waals surface area contributed by atoms with Crippen molar-refractivity contribution in [1.82, 2.24) is 0 Å². The summed E-state index contributed by atoms with van der Waals surface area (Å²) in [7, 11) is -6.94. The quantitative estimate of drug-likeness (QED) is 0.652. The number of benzene rings is 2. The molecule has 0 heterocycles. The molecule has 2 aromatic carbocycles. The van der Waals surface area contributed by atoms with Gasteiger partial charge in [0.1, 0.15) is 15.5 Å². The van der Waals surface area contributed by atoms with Gasteiger partial charge in [-0.2, -0.15) is 0 Å². The van der Waals surface area contributed by atoms with Crippen molar-refractivity contribution in [1.29, 1.82) is 0 Å². The topological polar surface area (TPSA) is 159 Å². The van der Waals surface area contributed by atoms with Crippen molar-refractivity contribution in [3.05, 3.63) is 47.0 Å². The first-order chi connectivity index (χ1) is 11.9. The van der Waals surface area contributed by atoms with Gasteiger partial charge in [-0.3, -0.25) is 4.79 Å². The molecule has 2 aromatic rings. The number of ether oxygens (including phenoxy) is 1. The molecule has 0 aliphatic carbocycles. The number of methoxy groups -OCH3 is 1. The van der Waals surface area contributed by atoms with Crippen molar-refractivity contribution in [2.24, 2.45) is 10.3 Å². The van der Waals surface area contributed by atoms with Gasteiger partial charge in [0.2, 0.25) is 20.0 Å². The van der Waals surface area contributed by atoms with E-state index in [4.69, 9.17) is 26.6 Å². The number of hydrogen-bond acceptors (Lipinski definition) is 6. The molecule has 12 heteroatoms. The van der Waals surface area contributed by atoms with E-state index in [1.54, 1.807) is 0 Å². The highest BCUT2D eigenvalue weighted by molar-refractivity contribution is 7.89. The summed E-state index contributed by atoms with van der Waals surface area (Å²) in [5, 5.41) is 12.4. The van der Waals surface area contributed by atoms with Crippen molar-refractivity contribution in [3.63, 3.8) is 0 Å². The van der Waals surface area contributed by atoms with E-state index in [0.29, 0.717) is 0 Å². The van der Waals surface area contributed by atoms with E-state index in [-0.39, 0.29) is 26.9 Å². The summed E-state index contributed by atoms with van der Waals surface area (Å²) in [5.41, 5.74) is 0.0540. The molecule has 0 saturated heterocycles. The number of anilines is 1. The van der Waals surface area contributed by atoms with E-state index >= 15 is 0 Å². The van der Waals surface area contributed by atoms with E-state index in [1.165, 1.54) is 31.4 Å². The minimum absolute atomic E-state index is 0.00787. The summed E-state index contributed by atoms with van der Waals surface area (Å²) in [6.07, 6.45) is 0. The summed E-state index contributed by atoms with van der Waals surface area (Å²) in [6.45, 7) is 0. The van der Waals surface area contributed by atoms with E-state index in [1.807, 2.05) is 0 Å². The molecule has 0 bridgehead atoms. The van der Waals surface area contributed by atoms with Gasteiger partial charge < -0.3 is 10.1 Å². The largest absolute Gasteiger partial charge is 0.495 e. The lowest BCUT2D eigenvalue weighted by Gasteiger charge is -2.11. The molecule has 140 valence electrons. The van der Waals surface area contributed by atoms with Crippen LogP contribution in [0.4, 0.5) is 5.69 Å². The number of carbonyl (C=O) groups excluding carboxylic acids is 1. The highest BCUT2D eigenvalue weighted by Gasteiger charge is 2.19. The third kappa shape index (κ3) is 4.51. The number of amides is 1. The molecule has 1 amide bonds. The Hall–Kier alpha value is -2.18. The van der Waals surface area contributed by atoms with Gasteiger partial charge in [-0.05, 0) is 36.4 Å². The monoisotopic (exact) mass is 419 g/mol. The third-order valence-electron chi connectivity index (χ3n) is 3.23. The van der Waals surface area contributed by atoms with Gasteiger partial charge in [0.15, 0.2) is 0 Å². The fourth-order valence-corrected chi connectivity index (χ4v) is 3.84. The molecule has 0 radical (unpaired) electrons. The molecule has 0 unspecified atom stereocenters. The fourth-order valence-electron chi connectivity index (χ4n) is 2.04. The molecule has 5 N–H and O–H groups in total. The van der Waals surface area contributed by atoms with Crippen LogP contribution in [0, 0.1) is 0 Å². The summed E-state index contributed by atoms with van der Waals surface area (Å²) in [4.78, 5) is 11.6. The smallest absolute Gasteiger partial charge is 0.255 e. The maximum atomic E-state index is 12.3. The van der Waals surface area contributed by atoms with Crippen LogP contribution in [-0.2, 0) is 20.0 Å².